The minimum atomic E-state index is -0.391. The van der Waals surface area contributed by atoms with E-state index in [4.69, 9.17) is 4.74 Å². The number of fused-ring (bicyclic) bond motifs is 1. The van der Waals surface area contributed by atoms with Gasteiger partial charge in [0, 0.05) is 0 Å². The number of esters is 1. The predicted molar refractivity (Wildman–Crippen MR) is 58.3 cm³/mol. The Morgan fingerprint density at radius 2 is 2.31 bits per heavy atom. The molecule has 0 saturated carbocycles. The van der Waals surface area contributed by atoms with Crippen molar-refractivity contribution in [2.45, 2.75) is 6.92 Å². The molecule has 2 aromatic rings. The predicted octanol–water partition coefficient (Wildman–Crippen LogP) is 1.10. The van der Waals surface area contributed by atoms with Gasteiger partial charge in [-0.3, -0.25) is 4.79 Å². The van der Waals surface area contributed by atoms with Crippen molar-refractivity contribution >= 4 is 17.0 Å². The molecule has 5 heteroatoms. The molecular weight excluding hydrogens is 208 g/mol. The maximum atomic E-state index is 11.4. The number of aromatic amines is 1. The molecule has 1 aromatic carbocycles. The Labute approximate surface area is 91.1 Å². The van der Waals surface area contributed by atoms with Crippen LogP contribution >= 0.6 is 0 Å². The fourth-order valence-electron chi connectivity index (χ4n) is 1.38. The maximum Gasteiger partial charge on any atom is 0.338 e. The molecule has 0 saturated heterocycles. The molecule has 5 nitrogen and oxygen atoms in total. The van der Waals surface area contributed by atoms with Crippen LogP contribution in [0, 0.1) is 0 Å². The van der Waals surface area contributed by atoms with Crippen LogP contribution in [-0.2, 0) is 4.74 Å². The van der Waals surface area contributed by atoms with Crippen molar-refractivity contribution in [3.8, 4) is 0 Å². The SMILES string of the molecule is CCOC(=O)c1ccc2[nH]c(=O)cnc2c1. The minimum Gasteiger partial charge on any atom is -0.462 e. The largest absolute Gasteiger partial charge is 0.462 e. The molecule has 0 atom stereocenters. The zero-order valence-electron chi connectivity index (χ0n) is 8.69. The van der Waals surface area contributed by atoms with E-state index in [9.17, 15) is 9.59 Å². The monoisotopic (exact) mass is 218 g/mol. The van der Waals surface area contributed by atoms with Gasteiger partial charge in [0.1, 0.15) is 0 Å². The summed E-state index contributed by atoms with van der Waals surface area (Å²) in [5.74, 6) is -0.391. The van der Waals surface area contributed by atoms with Gasteiger partial charge in [-0.25, -0.2) is 9.78 Å². The number of carbonyl (C=O) groups is 1. The van der Waals surface area contributed by atoms with Gasteiger partial charge in [0.2, 0.25) is 0 Å². The normalized spacial score (nSPS) is 10.3. The lowest BCUT2D eigenvalue weighted by molar-refractivity contribution is 0.0526. The summed E-state index contributed by atoms with van der Waals surface area (Å²) in [4.78, 5) is 29.0. The van der Waals surface area contributed by atoms with E-state index < -0.39 is 5.97 Å². The van der Waals surface area contributed by atoms with Crippen molar-refractivity contribution in [1.29, 1.82) is 0 Å². The molecule has 0 radical (unpaired) electrons. The number of H-pyrrole nitrogens is 1. The number of hydrogen-bond donors (Lipinski definition) is 1. The number of nitrogens with zero attached hydrogens (tertiary/aromatic N) is 1. The van der Waals surface area contributed by atoms with E-state index in [1.165, 1.54) is 6.20 Å². The van der Waals surface area contributed by atoms with Gasteiger partial charge in [-0.2, -0.15) is 0 Å². The van der Waals surface area contributed by atoms with Crippen molar-refractivity contribution in [3.05, 3.63) is 40.3 Å². The van der Waals surface area contributed by atoms with Gasteiger partial charge in [0.15, 0.2) is 0 Å². The molecule has 2 rings (SSSR count). The van der Waals surface area contributed by atoms with Crippen LogP contribution in [0.15, 0.2) is 29.2 Å². The number of hydrogen-bond acceptors (Lipinski definition) is 4. The molecular formula is C11H10N2O3. The summed E-state index contributed by atoms with van der Waals surface area (Å²) in [6, 6.07) is 4.82. The van der Waals surface area contributed by atoms with E-state index in [0.29, 0.717) is 23.2 Å². The molecule has 82 valence electrons. The summed E-state index contributed by atoms with van der Waals surface area (Å²) in [6.07, 6.45) is 1.18. The molecule has 0 aliphatic rings. The van der Waals surface area contributed by atoms with Gasteiger partial charge < -0.3 is 9.72 Å². The van der Waals surface area contributed by atoms with Crippen LogP contribution in [0.3, 0.4) is 0 Å². The molecule has 1 aromatic heterocycles. The second kappa shape index (κ2) is 4.14. The molecule has 0 unspecified atom stereocenters. The van der Waals surface area contributed by atoms with E-state index in [1.807, 2.05) is 0 Å². The summed E-state index contributed by atoms with van der Waals surface area (Å²) in [7, 11) is 0. The van der Waals surface area contributed by atoms with Crippen molar-refractivity contribution in [2.75, 3.05) is 6.61 Å². The van der Waals surface area contributed by atoms with Crippen molar-refractivity contribution in [1.82, 2.24) is 9.97 Å². The van der Waals surface area contributed by atoms with E-state index in [2.05, 4.69) is 9.97 Å². The summed E-state index contributed by atoms with van der Waals surface area (Å²) in [6.45, 7) is 2.07. The molecule has 0 amide bonds. The van der Waals surface area contributed by atoms with Crippen molar-refractivity contribution in [2.24, 2.45) is 0 Å². The highest BCUT2D eigenvalue weighted by atomic mass is 16.5. The van der Waals surface area contributed by atoms with Crippen LogP contribution in [0.4, 0.5) is 0 Å². The third-order valence-corrected chi connectivity index (χ3v) is 2.09. The van der Waals surface area contributed by atoms with E-state index in [1.54, 1.807) is 25.1 Å². The van der Waals surface area contributed by atoms with Crippen LogP contribution in [0.1, 0.15) is 17.3 Å². The lowest BCUT2D eigenvalue weighted by Crippen LogP contribution is -2.07. The second-order valence-corrected chi connectivity index (χ2v) is 3.20. The highest BCUT2D eigenvalue weighted by Crippen LogP contribution is 2.10. The Kier molecular flexibility index (Phi) is 2.68. The number of aromatic nitrogens is 2. The van der Waals surface area contributed by atoms with Gasteiger partial charge in [0.25, 0.3) is 5.56 Å². The number of nitrogens with one attached hydrogen (secondary N) is 1. The lowest BCUT2D eigenvalue weighted by atomic mass is 10.2. The number of ether oxygens (including phenoxy) is 1. The zero-order valence-corrected chi connectivity index (χ0v) is 8.69. The van der Waals surface area contributed by atoms with Gasteiger partial charge in [0.05, 0.1) is 29.4 Å². The van der Waals surface area contributed by atoms with Crippen molar-refractivity contribution in [3.63, 3.8) is 0 Å². The van der Waals surface area contributed by atoms with Gasteiger partial charge >= 0.3 is 5.97 Å². The quantitative estimate of drug-likeness (QED) is 0.766. The fourth-order valence-corrected chi connectivity index (χ4v) is 1.38. The maximum absolute atomic E-state index is 11.4. The van der Waals surface area contributed by atoms with Crippen molar-refractivity contribution < 1.29 is 9.53 Å². The second-order valence-electron chi connectivity index (χ2n) is 3.20. The third kappa shape index (κ3) is 1.93. The van der Waals surface area contributed by atoms with E-state index >= 15 is 0 Å². The highest BCUT2D eigenvalue weighted by molar-refractivity contribution is 5.93. The first-order chi connectivity index (χ1) is 7.70. The van der Waals surface area contributed by atoms with E-state index in [-0.39, 0.29) is 5.56 Å². The fraction of sp³-hybridized carbons (Fsp3) is 0.182. The minimum absolute atomic E-state index is 0.267. The molecule has 0 fully saturated rings. The Hall–Kier alpha value is -2.17. The van der Waals surface area contributed by atoms with Gasteiger partial charge in [-0.05, 0) is 25.1 Å². The Morgan fingerprint density at radius 1 is 1.50 bits per heavy atom. The molecule has 0 aliphatic heterocycles. The first-order valence-corrected chi connectivity index (χ1v) is 4.87. The highest BCUT2D eigenvalue weighted by Gasteiger charge is 2.07. The molecule has 0 aliphatic carbocycles. The molecule has 0 spiro atoms. The first kappa shape index (κ1) is 10.4. The molecule has 1 heterocycles. The zero-order chi connectivity index (χ0) is 11.5. The number of benzene rings is 1. The first-order valence-electron chi connectivity index (χ1n) is 4.87. The van der Waals surface area contributed by atoms with Gasteiger partial charge in [-0.15, -0.1) is 0 Å². The van der Waals surface area contributed by atoms with Crippen LogP contribution in [0.5, 0.6) is 0 Å². The lowest BCUT2D eigenvalue weighted by Gasteiger charge is -2.02. The van der Waals surface area contributed by atoms with Crippen LogP contribution in [0.2, 0.25) is 0 Å². The van der Waals surface area contributed by atoms with Crippen LogP contribution in [0.25, 0.3) is 11.0 Å². The molecule has 16 heavy (non-hydrogen) atoms. The van der Waals surface area contributed by atoms with Crippen LogP contribution in [-0.4, -0.2) is 22.5 Å². The van der Waals surface area contributed by atoms with Crippen LogP contribution < -0.4 is 5.56 Å². The summed E-state index contributed by atoms with van der Waals surface area (Å²) < 4.78 is 4.86. The number of carbonyl (C=O) groups excluding carboxylic acids is 1. The average Bonchev–Trinajstić information content (AvgIpc) is 2.28. The van der Waals surface area contributed by atoms with E-state index in [0.717, 1.165) is 0 Å². The summed E-state index contributed by atoms with van der Waals surface area (Å²) in [5.41, 5.74) is 1.32. The smallest absolute Gasteiger partial charge is 0.338 e. The Morgan fingerprint density at radius 3 is 3.06 bits per heavy atom. The third-order valence-electron chi connectivity index (χ3n) is 2.09. The molecule has 0 bridgehead atoms. The van der Waals surface area contributed by atoms with Gasteiger partial charge in [-0.1, -0.05) is 0 Å². The standard InChI is InChI=1S/C11H10N2O3/c1-2-16-11(15)7-3-4-8-9(5-7)12-6-10(14)13-8/h3-6H,2H2,1H3,(H,13,14). The number of rotatable bonds is 2. The Bertz CT molecular complexity index is 589. The summed E-state index contributed by atoms with van der Waals surface area (Å²) in [5, 5.41) is 0. The summed E-state index contributed by atoms with van der Waals surface area (Å²) >= 11 is 0. The Balaban J connectivity index is 2.48. The average molecular weight is 218 g/mol. The molecule has 1 N–H and O–H groups in total. The topological polar surface area (TPSA) is 72.1 Å².